The highest BCUT2D eigenvalue weighted by atomic mass is 79.9. The monoisotopic (exact) mass is 357 g/mol. The standard InChI is InChI=1S/C15H20BrNO4/c1-9(2)5-12(15(18)19)17-8-10-6-11(16)14-13(7-10)20-3-4-21-14/h6-7,9,12,17H,3-5,8H2,1-2H3,(H,18,19)/t12-/m0/s1. The second-order valence-electron chi connectivity index (χ2n) is 5.50. The van der Waals surface area contributed by atoms with Crippen LogP contribution in [0.5, 0.6) is 11.5 Å². The molecule has 21 heavy (non-hydrogen) atoms. The van der Waals surface area contributed by atoms with Gasteiger partial charge in [0.25, 0.3) is 0 Å². The molecule has 0 saturated heterocycles. The van der Waals surface area contributed by atoms with Crippen molar-refractivity contribution in [3.63, 3.8) is 0 Å². The first-order valence-corrected chi connectivity index (χ1v) is 7.81. The van der Waals surface area contributed by atoms with Crippen molar-refractivity contribution in [1.29, 1.82) is 0 Å². The lowest BCUT2D eigenvalue weighted by Crippen LogP contribution is -2.37. The van der Waals surface area contributed by atoms with Crippen LogP contribution in [0, 0.1) is 5.92 Å². The Balaban J connectivity index is 2.05. The van der Waals surface area contributed by atoms with Crippen LogP contribution < -0.4 is 14.8 Å². The lowest BCUT2D eigenvalue weighted by Gasteiger charge is -2.21. The molecule has 5 nitrogen and oxygen atoms in total. The third-order valence-corrected chi connectivity index (χ3v) is 3.80. The van der Waals surface area contributed by atoms with Gasteiger partial charge in [-0.15, -0.1) is 0 Å². The third kappa shape index (κ3) is 4.35. The van der Waals surface area contributed by atoms with Gasteiger partial charge in [0.05, 0.1) is 4.47 Å². The van der Waals surface area contributed by atoms with Crippen LogP contribution in [0.4, 0.5) is 0 Å². The van der Waals surface area contributed by atoms with E-state index < -0.39 is 12.0 Å². The summed E-state index contributed by atoms with van der Waals surface area (Å²) in [5, 5.41) is 12.3. The number of aliphatic carboxylic acids is 1. The second-order valence-corrected chi connectivity index (χ2v) is 6.36. The van der Waals surface area contributed by atoms with Gasteiger partial charge in [-0.2, -0.15) is 0 Å². The number of hydrogen-bond acceptors (Lipinski definition) is 4. The fraction of sp³-hybridized carbons (Fsp3) is 0.533. The number of fused-ring (bicyclic) bond motifs is 1. The number of halogens is 1. The van der Waals surface area contributed by atoms with Gasteiger partial charge in [0.15, 0.2) is 11.5 Å². The molecular weight excluding hydrogens is 338 g/mol. The van der Waals surface area contributed by atoms with E-state index in [0.717, 1.165) is 10.0 Å². The summed E-state index contributed by atoms with van der Waals surface area (Å²) in [6.07, 6.45) is 0.598. The Morgan fingerprint density at radius 1 is 1.38 bits per heavy atom. The highest BCUT2D eigenvalue weighted by Gasteiger charge is 2.20. The molecular formula is C15H20BrNO4. The van der Waals surface area contributed by atoms with E-state index in [1.54, 1.807) is 0 Å². The van der Waals surface area contributed by atoms with Crippen LogP contribution in [-0.4, -0.2) is 30.3 Å². The summed E-state index contributed by atoms with van der Waals surface area (Å²) in [4.78, 5) is 11.2. The molecule has 1 atom stereocenters. The Bertz CT molecular complexity index is 519. The molecule has 1 aliphatic rings. The van der Waals surface area contributed by atoms with E-state index in [9.17, 15) is 9.90 Å². The summed E-state index contributed by atoms with van der Waals surface area (Å²) in [7, 11) is 0. The van der Waals surface area contributed by atoms with Crippen LogP contribution in [0.25, 0.3) is 0 Å². The van der Waals surface area contributed by atoms with Crippen LogP contribution in [0.2, 0.25) is 0 Å². The van der Waals surface area contributed by atoms with Crippen molar-refractivity contribution in [3.8, 4) is 11.5 Å². The zero-order valence-electron chi connectivity index (χ0n) is 12.2. The molecule has 1 aromatic rings. The van der Waals surface area contributed by atoms with Crippen molar-refractivity contribution in [2.45, 2.75) is 32.9 Å². The van der Waals surface area contributed by atoms with Crippen molar-refractivity contribution in [2.24, 2.45) is 5.92 Å². The van der Waals surface area contributed by atoms with Gasteiger partial charge in [-0.3, -0.25) is 4.79 Å². The van der Waals surface area contributed by atoms with Gasteiger partial charge in [-0.05, 0) is 46.0 Å². The van der Waals surface area contributed by atoms with E-state index in [1.807, 2.05) is 26.0 Å². The molecule has 0 bridgehead atoms. The van der Waals surface area contributed by atoms with Crippen molar-refractivity contribution in [1.82, 2.24) is 5.32 Å². The Labute approximate surface area is 132 Å². The molecule has 116 valence electrons. The first kappa shape index (κ1) is 16.1. The quantitative estimate of drug-likeness (QED) is 0.819. The molecule has 2 rings (SSSR count). The number of hydrogen-bond donors (Lipinski definition) is 2. The van der Waals surface area contributed by atoms with Crippen LogP contribution in [-0.2, 0) is 11.3 Å². The average molecular weight is 358 g/mol. The van der Waals surface area contributed by atoms with Crippen LogP contribution >= 0.6 is 15.9 Å². The first-order chi connectivity index (χ1) is 9.97. The number of carboxylic acids is 1. The molecule has 0 saturated carbocycles. The predicted octanol–water partition coefficient (Wildman–Crippen LogP) is 2.81. The molecule has 0 fully saturated rings. The van der Waals surface area contributed by atoms with Crippen molar-refractivity contribution in [2.75, 3.05) is 13.2 Å². The fourth-order valence-electron chi connectivity index (χ4n) is 2.25. The van der Waals surface area contributed by atoms with Crippen molar-refractivity contribution >= 4 is 21.9 Å². The van der Waals surface area contributed by atoms with E-state index in [2.05, 4.69) is 21.2 Å². The van der Waals surface area contributed by atoms with Gasteiger partial charge in [0.2, 0.25) is 0 Å². The lowest BCUT2D eigenvalue weighted by molar-refractivity contribution is -0.140. The van der Waals surface area contributed by atoms with Crippen molar-refractivity contribution < 1.29 is 19.4 Å². The largest absolute Gasteiger partial charge is 0.486 e. The fourth-order valence-corrected chi connectivity index (χ4v) is 2.85. The molecule has 1 heterocycles. The van der Waals surface area contributed by atoms with E-state index in [-0.39, 0.29) is 0 Å². The number of carboxylic acid groups (broad SMARTS) is 1. The number of ether oxygens (including phenoxy) is 2. The summed E-state index contributed by atoms with van der Waals surface area (Å²) < 4.78 is 11.9. The topological polar surface area (TPSA) is 67.8 Å². The molecule has 0 radical (unpaired) electrons. The number of nitrogens with one attached hydrogen (secondary N) is 1. The molecule has 1 aliphatic heterocycles. The minimum absolute atomic E-state index is 0.325. The van der Waals surface area contributed by atoms with E-state index in [4.69, 9.17) is 9.47 Å². The normalized spacial score (nSPS) is 15.0. The van der Waals surface area contributed by atoms with Gasteiger partial charge < -0.3 is 19.9 Å². The Kier molecular flexibility index (Phi) is 5.47. The van der Waals surface area contributed by atoms with Crippen LogP contribution in [0.1, 0.15) is 25.8 Å². The molecule has 0 unspecified atom stereocenters. The summed E-state index contributed by atoms with van der Waals surface area (Å²) in [5.74, 6) is 0.913. The van der Waals surface area contributed by atoms with Gasteiger partial charge in [0.1, 0.15) is 19.3 Å². The van der Waals surface area contributed by atoms with Gasteiger partial charge in [-0.25, -0.2) is 0 Å². The molecule has 1 aromatic carbocycles. The van der Waals surface area contributed by atoms with Gasteiger partial charge >= 0.3 is 5.97 Å². The molecule has 0 aliphatic carbocycles. The predicted molar refractivity (Wildman–Crippen MR) is 82.9 cm³/mol. The smallest absolute Gasteiger partial charge is 0.320 e. The highest BCUT2D eigenvalue weighted by molar-refractivity contribution is 9.10. The second kappa shape index (κ2) is 7.13. The van der Waals surface area contributed by atoms with Gasteiger partial charge in [0, 0.05) is 6.54 Å². The number of rotatable bonds is 6. The minimum Gasteiger partial charge on any atom is -0.486 e. The molecule has 0 amide bonds. The zero-order chi connectivity index (χ0) is 15.4. The number of carbonyl (C=O) groups is 1. The van der Waals surface area contributed by atoms with E-state index >= 15 is 0 Å². The molecule has 2 N–H and O–H groups in total. The maximum absolute atomic E-state index is 11.2. The molecule has 0 spiro atoms. The summed E-state index contributed by atoms with van der Waals surface area (Å²) in [5.41, 5.74) is 0.959. The molecule has 6 heteroatoms. The maximum atomic E-state index is 11.2. The SMILES string of the molecule is CC(C)C[C@H](NCc1cc(Br)c2c(c1)OCCO2)C(=O)O. The lowest BCUT2D eigenvalue weighted by atomic mass is 10.0. The summed E-state index contributed by atoms with van der Waals surface area (Å²) in [6, 6.07) is 3.27. The Morgan fingerprint density at radius 3 is 2.76 bits per heavy atom. The summed E-state index contributed by atoms with van der Waals surface area (Å²) >= 11 is 3.46. The van der Waals surface area contributed by atoms with Crippen LogP contribution in [0.3, 0.4) is 0 Å². The van der Waals surface area contributed by atoms with Crippen molar-refractivity contribution in [3.05, 3.63) is 22.2 Å². The highest BCUT2D eigenvalue weighted by Crippen LogP contribution is 2.38. The summed E-state index contributed by atoms with van der Waals surface area (Å²) in [6.45, 7) is 5.57. The Morgan fingerprint density at radius 2 is 2.10 bits per heavy atom. The average Bonchev–Trinajstić information content (AvgIpc) is 2.43. The first-order valence-electron chi connectivity index (χ1n) is 7.01. The van der Waals surface area contributed by atoms with E-state index in [1.165, 1.54) is 0 Å². The maximum Gasteiger partial charge on any atom is 0.320 e. The number of benzene rings is 1. The third-order valence-electron chi connectivity index (χ3n) is 3.21. The minimum atomic E-state index is -0.819. The molecule has 0 aromatic heterocycles. The van der Waals surface area contributed by atoms with E-state index in [0.29, 0.717) is 43.6 Å². The zero-order valence-corrected chi connectivity index (χ0v) is 13.8. The van der Waals surface area contributed by atoms with Gasteiger partial charge in [-0.1, -0.05) is 13.8 Å². The Hall–Kier alpha value is -1.27. The van der Waals surface area contributed by atoms with Crippen LogP contribution in [0.15, 0.2) is 16.6 Å².